The lowest BCUT2D eigenvalue weighted by atomic mass is 9.49. The Morgan fingerprint density at radius 1 is 0.958 bits per heavy atom. The van der Waals surface area contributed by atoms with Gasteiger partial charge in [-0.25, -0.2) is 23.5 Å². The minimum absolute atomic E-state index is 0.0668. The van der Waals surface area contributed by atoms with Gasteiger partial charge in [0.1, 0.15) is 0 Å². The van der Waals surface area contributed by atoms with E-state index in [-0.39, 0.29) is 28.9 Å². The van der Waals surface area contributed by atoms with E-state index in [1.807, 2.05) is 18.2 Å². The standard InChI is InChI=1S/C19H19N3O2/c1-11-12(2)19(3)15-10-9-14(16(11)19)21-17(23)20(18(24)22(15)21)13-7-5-4-6-8-13/h4-10,14-16H,1-3H3/t14-,15-,16-,19+/m1/s1. The van der Waals surface area contributed by atoms with E-state index in [0.29, 0.717) is 11.6 Å². The van der Waals surface area contributed by atoms with Gasteiger partial charge in [0.25, 0.3) is 0 Å². The Morgan fingerprint density at radius 2 is 1.62 bits per heavy atom. The molecule has 0 radical (unpaired) electrons. The molecule has 0 saturated carbocycles. The largest absolute Gasteiger partial charge is 0.352 e. The number of aromatic nitrogens is 3. The van der Waals surface area contributed by atoms with Gasteiger partial charge < -0.3 is 0 Å². The lowest BCUT2D eigenvalue weighted by molar-refractivity contribution is 0.0303. The summed E-state index contributed by atoms with van der Waals surface area (Å²) in [5.74, 6) is 0.302. The molecule has 4 aliphatic rings. The number of benzene rings is 1. The predicted molar refractivity (Wildman–Crippen MR) is 91.5 cm³/mol. The highest BCUT2D eigenvalue weighted by atomic mass is 16.2. The molecule has 1 aromatic heterocycles. The summed E-state index contributed by atoms with van der Waals surface area (Å²) in [5.41, 5.74) is 2.77. The van der Waals surface area contributed by atoms with E-state index < -0.39 is 0 Å². The summed E-state index contributed by atoms with van der Waals surface area (Å²) in [6, 6.07) is 9.00. The van der Waals surface area contributed by atoms with Crippen molar-refractivity contribution in [1.82, 2.24) is 13.9 Å². The lowest BCUT2D eigenvalue weighted by Crippen LogP contribution is -2.59. The Balaban J connectivity index is 1.82. The molecule has 0 fully saturated rings. The number of hydrogen-bond donors (Lipinski definition) is 0. The molecule has 24 heavy (non-hydrogen) atoms. The van der Waals surface area contributed by atoms with Crippen LogP contribution >= 0.6 is 0 Å². The number of nitrogens with zero attached hydrogens (tertiary/aromatic N) is 3. The van der Waals surface area contributed by atoms with Crippen molar-refractivity contribution in [2.45, 2.75) is 32.9 Å². The van der Waals surface area contributed by atoms with Crippen molar-refractivity contribution in [2.75, 3.05) is 0 Å². The zero-order chi connectivity index (χ0) is 16.8. The molecule has 3 heterocycles. The zero-order valence-corrected chi connectivity index (χ0v) is 13.9. The fourth-order valence-electron chi connectivity index (χ4n) is 5.16. The Kier molecular flexibility index (Phi) is 2.36. The third-order valence-corrected chi connectivity index (χ3v) is 6.53. The molecule has 5 heteroatoms. The van der Waals surface area contributed by atoms with Gasteiger partial charge in [-0.05, 0) is 26.0 Å². The Hall–Kier alpha value is -2.56. The van der Waals surface area contributed by atoms with Gasteiger partial charge in [-0.15, -0.1) is 0 Å². The van der Waals surface area contributed by atoms with Crippen molar-refractivity contribution in [2.24, 2.45) is 11.3 Å². The maximum Gasteiger partial charge on any atom is 0.352 e. The van der Waals surface area contributed by atoms with E-state index >= 15 is 0 Å². The Morgan fingerprint density at radius 3 is 2.33 bits per heavy atom. The van der Waals surface area contributed by atoms with Gasteiger partial charge in [0.05, 0.1) is 17.8 Å². The average molecular weight is 321 g/mol. The monoisotopic (exact) mass is 321 g/mol. The van der Waals surface area contributed by atoms with E-state index in [4.69, 9.17) is 0 Å². The molecule has 0 spiro atoms. The van der Waals surface area contributed by atoms with Gasteiger partial charge >= 0.3 is 11.4 Å². The quantitative estimate of drug-likeness (QED) is 0.758. The summed E-state index contributed by atoms with van der Waals surface area (Å²) in [4.78, 5) is 26.1. The first-order valence-corrected chi connectivity index (χ1v) is 8.35. The zero-order valence-electron chi connectivity index (χ0n) is 13.9. The normalized spacial score (nSPS) is 32.5. The van der Waals surface area contributed by atoms with Crippen LogP contribution in [0.2, 0.25) is 0 Å². The molecule has 2 bridgehead atoms. The van der Waals surface area contributed by atoms with Crippen LogP contribution in [0.15, 0.2) is 63.2 Å². The van der Waals surface area contributed by atoms with Crippen LogP contribution in [0.3, 0.4) is 0 Å². The van der Waals surface area contributed by atoms with Crippen LogP contribution < -0.4 is 11.4 Å². The topological polar surface area (TPSA) is 48.9 Å². The summed E-state index contributed by atoms with van der Waals surface area (Å²) >= 11 is 0. The van der Waals surface area contributed by atoms with Crippen molar-refractivity contribution in [3.63, 3.8) is 0 Å². The molecular formula is C19H19N3O2. The van der Waals surface area contributed by atoms with Crippen LogP contribution in [0.25, 0.3) is 5.69 Å². The highest BCUT2D eigenvalue weighted by Gasteiger charge is 2.61. The lowest BCUT2D eigenvalue weighted by Gasteiger charge is -2.60. The molecule has 2 aromatic rings. The predicted octanol–water partition coefficient (Wildman–Crippen LogP) is 2.44. The average Bonchev–Trinajstić information content (AvgIpc) is 2.88. The van der Waals surface area contributed by atoms with E-state index in [0.717, 1.165) is 0 Å². The number of para-hydroxylation sites is 1. The minimum Gasteiger partial charge on any atom is -0.245 e. The molecule has 4 atom stereocenters. The smallest absolute Gasteiger partial charge is 0.245 e. The maximum atomic E-state index is 13.1. The van der Waals surface area contributed by atoms with Crippen LogP contribution in [0.5, 0.6) is 0 Å². The molecule has 0 amide bonds. The molecule has 2 aliphatic carbocycles. The molecule has 0 saturated heterocycles. The molecule has 1 aromatic carbocycles. The van der Waals surface area contributed by atoms with Crippen LogP contribution in [-0.4, -0.2) is 13.9 Å². The molecular weight excluding hydrogens is 302 g/mol. The second-order valence-corrected chi connectivity index (χ2v) is 7.31. The first-order chi connectivity index (χ1) is 11.5. The SMILES string of the molecule is CC1=C(C)[C@]2(C)[C@H]1[C@H]1C=C[C@H]2n2c(=O)n(-c3ccccc3)c(=O)n21. The van der Waals surface area contributed by atoms with Crippen molar-refractivity contribution in [3.8, 4) is 5.69 Å². The van der Waals surface area contributed by atoms with Gasteiger partial charge in [0.15, 0.2) is 0 Å². The first kappa shape index (κ1) is 13.8. The Labute approximate surface area is 139 Å². The number of hydrogen-bond acceptors (Lipinski definition) is 2. The van der Waals surface area contributed by atoms with E-state index in [9.17, 15) is 9.59 Å². The number of rotatable bonds is 1. The fraction of sp³-hybridized carbons (Fsp3) is 0.368. The molecule has 2 aliphatic heterocycles. The van der Waals surface area contributed by atoms with E-state index in [1.165, 1.54) is 15.7 Å². The van der Waals surface area contributed by atoms with Gasteiger partial charge in [-0.1, -0.05) is 48.4 Å². The molecule has 6 rings (SSSR count). The molecule has 0 N–H and O–H groups in total. The highest BCUT2D eigenvalue weighted by molar-refractivity contribution is 5.44. The maximum absolute atomic E-state index is 13.1. The van der Waals surface area contributed by atoms with Crippen LogP contribution in [0.1, 0.15) is 32.9 Å². The summed E-state index contributed by atoms with van der Waals surface area (Å²) in [7, 11) is 0. The summed E-state index contributed by atoms with van der Waals surface area (Å²) < 4.78 is 4.64. The second-order valence-electron chi connectivity index (χ2n) is 7.31. The van der Waals surface area contributed by atoms with Crippen molar-refractivity contribution >= 4 is 0 Å². The van der Waals surface area contributed by atoms with Gasteiger partial charge in [-0.3, -0.25) is 0 Å². The summed E-state index contributed by atoms with van der Waals surface area (Å²) in [6.07, 6.45) is 4.20. The molecule has 122 valence electrons. The fourth-order valence-corrected chi connectivity index (χ4v) is 5.16. The van der Waals surface area contributed by atoms with Crippen molar-refractivity contribution in [3.05, 3.63) is 74.6 Å². The molecule has 5 nitrogen and oxygen atoms in total. The highest BCUT2D eigenvalue weighted by Crippen LogP contribution is 2.65. The minimum atomic E-state index is -0.248. The molecule has 0 unspecified atom stereocenters. The van der Waals surface area contributed by atoms with Gasteiger partial charge in [0.2, 0.25) is 0 Å². The second kappa shape index (κ2) is 4.09. The van der Waals surface area contributed by atoms with E-state index in [2.05, 4.69) is 32.9 Å². The van der Waals surface area contributed by atoms with Crippen molar-refractivity contribution < 1.29 is 0 Å². The summed E-state index contributed by atoms with van der Waals surface area (Å²) in [5, 5.41) is 0. The van der Waals surface area contributed by atoms with Gasteiger partial charge in [0, 0.05) is 11.3 Å². The first-order valence-electron chi connectivity index (χ1n) is 8.35. The van der Waals surface area contributed by atoms with Crippen molar-refractivity contribution in [1.29, 1.82) is 0 Å². The van der Waals surface area contributed by atoms with E-state index in [1.54, 1.807) is 21.5 Å². The Bertz CT molecular complexity index is 1050. The summed E-state index contributed by atoms with van der Waals surface area (Å²) in [6.45, 7) is 6.53. The third-order valence-electron chi connectivity index (χ3n) is 6.53. The van der Waals surface area contributed by atoms with Crippen LogP contribution in [0.4, 0.5) is 0 Å². The third kappa shape index (κ3) is 1.26. The number of allylic oxidation sites excluding steroid dienone is 4. The van der Waals surface area contributed by atoms with Crippen LogP contribution in [0, 0.1) is 11.3 Å². The van der Waals surface area contributed by atoms with Gasteiger partial charge in [-0.2, -0.15) is 0 Å². The van der Waals surface area contributed by atoms with Crippen LogP contribution in [-0.2, 0) is 0 Å².